The molecule has 0 unspecified atom stereocenters. The highest BCUT2D eigenvalue weighted by molar-refractivity contribution is 7.09. The van der Waals surface area contributed by atoms with E-state index in [0.717, 1.165) is 67.4 Å². The Labute approximate surface area is 184 Å². The lowest BCUT2D eigenvalue weighted by atomic mass is 10.1. The number of aryl methyl sites for hydroxylation is 2. The Kier molecular flexibility index (Phi) is 8.81. The van der Waals surface area contributed by atoms with Gasteiger partial charge in [-0.1, -0.05) is 12.1 Å². The van der Waals surface area contributed by atoms with Crippen molar-refractivity contribution in [3.63, 3.8) is 0 Å². The third-order valence-electron chi connectivity index (χ3n) is 5.31. The van der Waals surface area contributed by atoms with Gasteiger partial charge in [0.1, 0.15) is 0 Å². The molecule has 1 saturated carbocycles. The summed E-state index contributed by atoms with van der Waals surface area (Å²) in [6, 6.07) is 6.06. The van der Waals surface area contributed by atoms with Crippen molar-refractivity contribution < 1.29 is 9.47 Å². The van der Waals surface area contributed by atoms with Crippen LogP contribution in [0.25, 0.3) is 0 Å². The lowest BCUT2D eigenvalue weighted by molar-refractivity contribution is 0.198. The van der Waals surface area contributed by atoms with Crippen molar-refractivity contribution in [1.82, 2.24) is 15.6 Å². The molecule has 0 bridgehead atoms. The first-order valence-electron chi connectivity index (χ1n) is 10.9. The lowest BCUT2D eigenvalue weighted by Gasteiger charge is -2.20. The summed E-state index contributed by atoms with van der Waals surface area (Å²) in [6.45, 7) is 3.56. The molecule has 0 radical (unpaired) electrons. The van der Waals surface area contributed by atoms with Crippen molar-refractivity contribution in [1.29, 1.82) is 0 Å². The van der Waals surface area contributed by atoms with E-state index in [4.69, 9.17) is 9.47 Å². The minimum atomic E-state index is 0.291. The second-order valence-corrected chi connectivity index (χ2v) is 8.61. The van der Waals surface area contributed by atoms with Crippen LogP contribution in [0.3, 0.4) is 0 Å². The van der Waals surface area contributed by atoms with Gasteiger partial charge in [-0.15, -0.1) is 11.3 Å². The highest BCUT2D eigenvalue weighted by Crippen LogP contribution is 2.34. The summed E-state index contributed by atoms with van der Waals surface area (Å²) in [7, 11) is 3.50. The summed E-state index contributed by atoms with van der Waals surface area (Å²) in [5, 5.41) is 10.1. The minimum Gasteiger partial charge on any atom is -0.493 e. The highest BCUT2D eigenvalue weighted by atomic mass is 32.1. The van der Waals surface area contributed by atoms with Gasteiger partial charge >= 0.3 is 0 Å². The topological polar surface area (TPSA) is 67.8 Å². The molecular formula is C23H34N4O2S. The molecule has 2 N–H and O–H groups in total. The second kappa shape index (κ2) is 11.8. The average Bonchev–Trinajstić information content (AvgIpc) is 3.42. The SMILES string of the molecule is CN=C(NCCCCc1nc(C)cs1)NCc1cccc(OC)c1OC1CCCC1. The van der Waals surface area contributed by atoms with Gasteiger partial charge in [0.05, 0.1) is 18.2 Å². The molecule has 0 saturated heterocycles. The third-order valence-corrected chi connectivity index (χ3v) is 6.34. The number of nitrogens with zero attached hydrogens (tertiary/aromatic N) is 2. The molecule has 30 heavy (non-hydrogen) atoms. The van der Waals surface area contributed by atoms with E-state index in [-0.39, 0.29) is 0 Å². The zero-order chi connectivity index (χ0) is 21.2. The molecule has 0 aliphatic heterocycles. The summed E-state index contributed by atoms with van der Waals surface area (Å²) < 4.78 is 11.9. The van der Waals surface area contributed by atoms with E-state index in [1.165, 1.54) is 17.8 Å². The van der Waals surface area contributed by atoms with Crippen LogP contribution in [-0.2, 0) is 13.0 Å². The smallest absolute Gasteiger partial charge is 0.191 e. The van der Waals surface area contributed by atoms with Crippen LogP contribution in [-0.4, -0.2) is 37.7 Å². The fourth-order valence-corrected chi connectivity index (χ4v) is 4.51. The number of rotatable bonds is 10. The van der Waals surface area contributed by atoms with E-state index in [1.807, 2.05) is 19.1 Å². The van der Waals surface area contributed by atoms with E-state index in [9.17, 15) is 0 Å². The number of ether oxygens (including phenoxy) is 2. The molecule has 6 nitrogen and oxygen atoms in total. The van der Waals surface area contributed by atoms with Gasteiger partial charge in [-0.3, -0.25) is 4.99 Å². The van der Waals surface area contributed by atoms with Crippen LogP contribution >= 0.6 is 11.3 Å². The first-order chi connectivity index (χ1) is 14.7. The molecule has 7 heteroatoms. The molecule has 1 fully saturated rings. The largest absolute Gasteiger partial charge is 0.493 e. The Morgan fingerprint density at radius 3 is 2.77 bits per heavy atom. The fraction of sp³-hybridized carbons (Fsp3) is 0.565. The monoisotopic (exact) mass is 430 g/mol. The number of guanidine groups is 1. The Bertz CT molecular complexity index is 815. The van der Waals surface area contributed by atoms with Crippen LogP contribution in [0.15, 0.2) is 28.6 Å². The van der Waals surface area contributed by atoms with Crippen LogP contribution in [0.1, 0.15) is 54.8 Å². The second-order valence-electron chi connectivity index (χ2n) is 7.67. The molecule has 3 rings (SSSR count). The number of unbranched alkanes of at least 4 members (excludes halogenated alkanes) is 1. The summed E-state index contributed by atoms with van der Waals surface area (Å²) in [4.78, 5) is 8.87. The summed E-state index contributed by atoms with van der Waals surface area (Å²) in [5.41, 5.74) is 2.20. The van der Waals surface area contributed by atoms with Crippen molar-refractivity contribution in [3.8, 4) is 11.5 Å². The maximum atomic E-state index is 6.32. The number of benzene rings is 1. The van der Waals surface area contributed by atoms with Gasteiger partial charge < -0.3 is 20.1 Å². The molecule has 2 aromatic rings. The molecule has 0 atom stereocenters. The van der Waals surface area contributed by atoms with Crippen molar-refractivity contribution in [2.24, 2.45) is 4.99 Å². The van der Waals surface area contributed by atoms with Gasteiger partial charge in [-0.2, -0.15) is 0 Å². The zero-order valence-corrected chi connectivity index (χ0v) is 19.2. The average molecular weight is 431 g/mol. The van der Waals surface area contributed by atoms with Crippen LogP contribution in [0, 0.1) is 6.92 Å². The fourth-order valence-electron chi connectivity index (χ4n) is 3.69. The standard InChI is InChI=1S/C23H34N4O2S/c1-17-16-30-21(27-17)13-6-7-14-25-23(24-2)26-15-18-9-8-12-20(28-3)22(18)29-19-10-4-5-11-19/h8-9,12,16,19H,4-7,10-11,13-15H2,1-3H3,(H2,24,25,26). The van der Waals surface area contributed by atoms with Crippen LogP contribution in [0.5, 0.6) is 11.5 Å². The third kappa shape index (κ3) is 6.62. The van der Waals surface area contributed by atoms with E-state index in [0.29, 0.717) is 12.6 Å². The van der Waals surface area contributed by atoms with Gasteiger partial charge in [0.25, 0.3) is 0 Å². The predicted octanol–water partition coefficient (Wildman–Crippen LogP) is 4.47. The van der Waals surface area contributed by atoms with Gasteiger partial charge in [0, 0.05) is 36.8 Å². The van der Waals surface area contributed by atoms with Crippen molar-refractivity contribution in [3.05, 3.63) is 39.8 Å². The molecule has 1 aliphatic rings. The summed E-state index contributed by atoms with van der Waals surface area (Å²) in [5.74, 6) is 2.45. The number of nitrogens with one attached hydrogen (secondary N) is 2. The number of aliphatic imine (C=N–C) groups is 1. The predicted molar refractivity (Wildman–Crippen MR) is 124 cm³/mol. The summed E-state index contributed by atoms with van der Waals surface area (Å²) in [6.07, 6.45) is 8.25. The van der Waals surface area contributed by atoms with Crippen LogP contribution < -0.4 is 20.1 Å². The van der Waals surface area contributed by atoms with Crippen molar-refractivity contribution in [2.45, 2.75) is 64.5 Å². The van der Waals surface area contributed by atoms with Crippen molar-refractivity contribution in [2.75, 3.05) is 20.7 Å². The molecule has 1 heterocycles. The minimum absolute atomic E-state index is 0.291. The van der Waals surface area contributed by atoms with Gasteiger partial charge in [0.15, 0.2) is 17.5 Å². The maximum absolute atomic E-state index is 6.32. The first-order valence-corrected chi connectivity index (χ1v) is 11.8. The normalized spacial score (nSPS) is 14.7. The number of methoxy groups -OCH3 is 1. The molecule has 1 aromatic carbocycles. The van der Waals surface area contributed by atoms with Gasteiger partial charge in [0.2, 0.25) is 0 Å². The quantitative estimate of drug-likeness (QED) is 0.331. The van der Waals surface area contributed by atoms with E-state index in [2.05, 4.69) is 32.1 Å². The van der Waals surface area contributed by atoms with Crippen LogP contribution in [0.4, 0.5) is 0 Å². The van der Waals surface area contributed by atoms with E-state index in [1.54, 1.807) is 25.5 Å². The highest BCUT2D eigenvalue weighted by Gasteiger charge is 2.20. The molecule has 1 aliphatic carbocycles. The number of para-hydroxylation sites is 1. The molecule has 164 valence electrons. The molecule has 0 spiro atoms. The number of hydrogen-bond donors (Lipinski definition) is 2. The Morgan fingerprint density at radius 2 is 2.07 bits per heavy atom. The van der Waals surface area contributed by atoms with Gasteiger partial charge in [-0.25, -0.2) is 4.98 Å². The summed E-state index contributed by atoms with van der Waals surface area (Å²) >= 11 is 1.75. The number of aromatic nitrogens is 1. The zero-order valence-electron chi connectivity index (χ0n) is 18.4. The van der Waals surface area contributed by atoms with E-state index >= 15 is 0 Å². The number of thiazole rings is 1. The Hall–Kier alpha value is -2.28. The van der Waals surface area contributed by atoms with Gasteiger partial charge in [-0.05, 0) is 57.9 Å². The first kappa shape index (κ1) is 22.4. The van der Waals surface area contributed by atoms with Crippen LogP contribution in [0.2, 0.25) is 0 Å². The molecule has 0 amide bonds. The lowest BCUT2D eigenvalue weighted by Crippen LogP contribution is -2.37. The van der Waals surface area contributed by atoms with Crippen molar-refractivity contribution >= 4 is 17.3 Å². The Morgan fingerprint density at radius 1 is 1.23 bits per heavy atom. The Balaban J connectivity index is 1.46. The van der Waals surface area contributed by atoms with E-state index < -0.39 is 0 Å². The molecule has 1 aromatic heterocycles. The maximum Gasteiger partial charge on any atom is 0.191 e. The molecular weight excluding hydrogens is 396 g/mol. The number of hydrogen-bond acceptors (Lipinski definition) is 5.